The predicted octanol–water partition coefficient (Wildman–Crippen LogP) is 2.96. The first-order chi connectivity index (χ1) is 8.19. The minimum absolute atomic E-state index is 0.649. The molecule has 0 bridgehead atoms. The maximum atomic E-state index is 8.76. The molecule has 0 atom stereocenters. The Hall–Kier alpha value is -1.86. The molecule has 0 unspecified atom stereocenters. The molecule has 0 amide bonds. The third kappa shape index (κ3) is 2.83. The lowest BCUT2D eigenvalue weighted by Gasteiger charge is -2.15. The average Bonchev–Trinajstić information content (AvgIpc) is 2.77. The summed E-state index contributed by atoms with van der Waals surface area (Å²) in [7, 11) is 1.99. The summed E-state index contributed by atoms with van der Waals surface area (Å²) in [4.78, 5) is 6.93. The van der Waals surface area contributed by atoms with Crippen molar-refractivity contribution in [2.75, 3.05) is 11.9 Å². The van der Waals surface area contributed by atoms with Gasteiger partial charge in [-0.25, -0.2) is 4.98 Å². The highest BCUT2D eigenvalue weighted by atomic mass is 32.1. The fourth-order valence-electron chi connectivity index (χ4n) is 1.65. The van der Waals surface area contributed by atoms with Crippen LogP contribution in [0.5, 0.6) is 0 Å². The molecule has 0 saturated heterocycles. The van der Waals surface area contributed by atoms with Crippen LogP contribution in [0.25, 0.3) is 0 Å². The minimum Gasteiger partial charge on any atom is -0.347 e. The first-order valence-corrected chi connectivity index (χ1v) is 6.13. The van der Waals surface area contributed by atoms with Crippen LogP contribution in [-0.2, 0) is 6.54 Å². The zero-order chi connectivity index (χ0) is 12.3. The molecule has 0 radical (unpaired) electrons. The van der Waals surface area contributed by atoms with E-state index in [9.17, 15) is 0 Å². The Kier molecular flexibility index (Phi) is 3.40. The van der Waals surface area contributed by atoms with Gasteiger partial charge < -0.3 is 4.90 Å². The Morgan fingerprint density at radius 1 is 1.47 bits per heavy atom. The normalized spacial score (nSPS) is 9.94. The van der Waals surface area contributed by atoms with Crippen molar-refractivity contribution in [2.24, 2.45) is 0 Å². The van der Waals surface area contributed by atoms with Crippen LogP contribution in [-0.4, -0.2) is 12.0 Å². The molecule has 0 fully saturated rings. The molecule has 0 N–H and O–H groups in total. The van der Waals surface area contributed by atoms with Gasteiger partial charge in [0.15, 0.2) is 5.13 Å². The predicted molar refractivity (Wildman–Crippen MR) is 70.1 cm³/mol. The lowest BCUT2D eigenvalue weighted by Crippen LogP contribution is -2.15. The molecule has 0 aliphatic rings. The summed E-state index contributed by atoms with van der Waals surface area (Å²) < 4.78 is 0. The molecule has 2 rings (SSSR count). The highest BCUT2D eigenvalue weighted by Gasteiger charge is 2.07. The summed E-state index contributed by atoms with van der Waals surface area (Å²) in [6, 6.07) is 10.5. The van der Waals surface area contributed by atoms with Crippen molar-refractivity contribution in [3.05, 3.63) is 46.5 Å². The number of aryl methyl sites for hydroxylation is 1. The van der Waals surface area contributed by atoms with Crippen molar-refractivity contribution in [1.82, 2.24) is 4.98 Å². The van der Waals surface area contributed by atoms with Crippen molar-refractivity contribution in [1.29, 1.82) is 5.26 Å². The Morgan fingerprint density at radius 3 is 2.94 bits per heavy atom. The maximum absolute atomic E-state index is 8.76. The molecule has 2 aromatic rings. The van der Waals surface area contributed by atoms with E-state index in [0.717, 1.165) is 11.7 Å². The second kappa shape index (κ2) is 4.98. The van der Waals surface area contributed by atoms with E-state index in [2.05, 4.69) is 47.1 Å². The van der Waals surface area contributed by atoms with Gasteiger partial charge in [0.25, 0.3) is 0 Å². The van der Waals surface area contributed by atoms with E-state index in [-0.39, 0.29) is 0 Å². The SMILES string of the molecule is Cc1cccc(CN(C)c2ncc(C#N)s2)c1. The van der Waals surface area contributed by atoms with Crippen molar-refractivity contribution in [3.63, 3.8) is 0 Å². The topological polar surface area (TPSA) is 39.9 Å². The number of benzene rings is 1. The van der Waals surface area contributed by atoms with Gasteiger partial charge in [0.2, 0.25) is 0 Å². The largest absolute Gasteiger partial charge is 0.347 e. The van der Waals surface area contributed by atoms with Gasteiger partial charge in [0.1, 0.15) is 10.9 Å². The van der Waals surface area contributed by atoms with Crippen LogP contribution < -0.4 is 4.90 Å². The van der Waals surface area contributed by atoms with Crippen molar-refractivity contribution in [2.45, 2.75) is 13.5 Å². The molecular formula is C13H13N3S. The van der Waals surface area contributed by atoms with Crippen molar-refractivity contribution in [3.8, 4) is 6.07 Å². The van der Waals surface area contributed by atoms with Gasteiger partial charge in [0.05, 0.1) is 6.20 Å². The second-order valence-electron chi connectivity index (χ2n) is 3.96. The van der Waals surface area contributed by atoms with Gasteiger partial charge >= 0.3 is 0 Å². The van der Waals surface area contributed by atoms with Crippen LogP contribution in [0, 0.1) is 18.3 Å². The highest BCUT2D eigenvalue weighted by Crippen LogP contribution is 2.22. The third-order valence-electron chi connectivity index (χ3n) is 2.43. The van der Waals surface area contributed by atoms with Crippen LogP contribution >= 0.6 is 11.3 Å². The van der Waals surface area contributed by atoms with Gasteiger partial charge in [-0.05, 0) is 12.5 Å². The zero-order valence-electron chi connectivity index (χ0n) is 9.84. The summed E-state index contributed by atoms with van der Waals surface area (Å²) in [5.41, 5.74) is 2.51. The molecule has 3 nitrogen and oxygen atoms in total. The fraction of sp³-hybridized carbons (Fsp3) is 0.231. The number of hydrogen-bond donors (Lipinski definition) is 0. The molecule has 4 heteroatoms. The average molecular weight is 243 g/mol. The number of thiazole rings is 1. The highest BCUT2D eigenvalue weighted by molar-refractivity contribution is 7.16. The molecule has 1 aromatic heterocycles. The van der Waals surface area contributed by atoms with Crippen LogP contribution in [0.1, 0.15) is 16.0 Å². The first kappa shape index (κ1) is 11.6. The summed E-state index contributed by atoms with van der Waals surface area (Å²) in [5.74, 6) is 0. The van der Waals surface area contributed by atoms with Gasteiger partial charge in [-0.3, -0.25) is 0 Å². The van der Waals surface area contributed by atoms with E-state index >= 15 is 0 Å². The summed E-state index contributed by atoms with van der Waals surface area (Å²) >= 11 is 1.42. The smallest absolute Gasteiger partial charge is 0.186 e. The molecule has 0 aliphatic carbocycles. The van der Waals surface area contributed by atoms with E-state index in [4.69, 9.17) is 5.26 Å². The van der Waals surface area contributed by atoms with E-state index in [1.165, 1.54) is 22.5 Å². The Bertz CT molecular complexity index is 554. The monoisotopic (exact) mass is 243 g/mol. The van der Waals surface area contributed by atoms with E-state index < -0.39 is 0 Å². The number of anilines is 1. The summed E-state index contributed by atoms with van der Waals surface area (Å²) in [6.45, 7) is 2.89. The lowest BCUT2D eigenvalue weighted by molar-refractivity contribution is 0.913. The number of nitrogens with zero attached hydrogens (tertiary/aromatic N) is 3. The molecule has 86 valence electrons. The lowest BCUT2D eigenvalue weighted by atomic mass is 10.1. The van der Waals surface area contributed by atoms with E-state index in [0.29, 0.717) is 4.88 Å². The van der Waals surface area contributed by atoms with Gasteiger partial charge in [-0.1, -0.05) is 41.2 Å². The Balaban J connectivity index is 2.11. The number of aromatic nitrogens is 1. The molecule has 17 heavy (non-hydrogen) atoms. The maximum Gasteiger partial charge on any atom is 0.186 e. The summed E-state index contributed by atoms with van der Waals surface area (Å²) in [6.07, 6.45) is 1.62. The van der Waals surface area contributed by atoms with E-state index in [1.54, 1.807) is 6.20 Å². The van der Waals surface area contributed by atoms with Crippen LogP contribution in [0.4, 0.5) is 5.13 Å². The minimum atomic E-state index is 0.649. The third-order valence-corrected chi connectivity index (χ3v) is 3.45. The summed E-state index contributed by atoms with van der Waals surface area (Å²) in [5, 5.41) is 9.64. The Morgan fingerprint density at radius 2 is 2.29 bits per heavy atom. The van der Waals surface area contributed by atoms with Crippen LogP contribution in [0.2, 0.25) is 0 Å². The van der Waals surface area contributed by atoms with Gasteiger partial charge in [-0.2, -0.15) is 5.26 Å². The van der Waals surface area contributed by atoms with Crippen LogP contribution in [0.15, 0.2) is 30.5 Å². The van der Waals surface area contributed by atoms with Crippen molar-refractivity contribution >= 4 is 16.5 Å². The number of nitriles is 1. The van der Waals surface area contributed by atoms with Gasteiger partial charge in [-0.15, -0.1) is 0 Å². The number of hydrogen-bond acceptors (Lipinski definition) is 4. The van der Waals surface area contributed by atoms with Gasteiger partial charge in [0, 0.05) is 13.6 Å². The van der Waals surface area contributed by atoms with Crippen LogP contribution in [0.3, 0.4) is 0 Å². The molecule has 1 heterocycles. The van der Waals surface area contributed by atoms with Crippen molar-refractivity contribution < 1.29 is 0 Å². The zero-order valence-corrected chi connectivity index (χ0v) is 10.7. The molecular weight excluding hydrogens is 230 g/mol. The standard InChI is InChI=1S/C13H13N3S/c1-10-4-3-5-11(6-10)9-16(2)13-15-8-12(7-14)17-13/h3-6,8H,9H2,1-2H3. The molecule has 0 spiro atoms. The second-order valence-corrected chi connectivity index (χ2v) is 4.97. The quantitative estimate of drug-likeness (QED) is 0.832. The Labute approximate surface area is 105 Å². The first-order valence-electron chi connectivity index (χ1n) is 5.31. The fourth-order valence-corrected chi connectivity index (χ4v) is 2.32. The molecule has 0 aliphatic heterocycles. The van der Waals surface area contributed by atoms with E-state index in [1.807, 2.05) is 7.05 Å². The molecule has 1 aromatic carbocycles. The number of rotatable bonds is 3. The molecule has 0 saturated carbocycles.